The molecule has 0 radical (unpaired) electrons. The lowest BCUT2D eigenvalue weighted by molar-refractivity contribution is -0.388. The van der Waals surface area contributed by atoms with Gasteiger partial charge in [0.1, 0.15) is 0 Å². The van der Waals surface area contributed by atoms with Gasteiger partial charge in [0.25, 0.3) is 0 Å². The van der Waals surface area contributed by atoms with Gasteiger partial charge in [-0.3, -0.25) is 4.57 Å². The van der Waals surface area contributed by atoms with Crippen molar-refractivity contribution in [3.63, 3.8) is 0 Å². The maximum Gasteiger partial charge on any atom is 0.406 e. The molecule has 1 aromatic rings. The van der Waals surface area contributed by atoms with Crippen molar-refractivity contribution in [2.24, 2.45) is 7.05 Å². The van der Waals surface area contributed by atoms with E-state index in [9.17, 15) is 10.1 Å². The molecular weight excluding hydrogens is 208 g/mol. The highest BCUT2D eigenvalue weighted by Crippen LogP contribution is 2.23. The molecular formula is C10H14N4O2. The van der Waals surface area contributed by atoms with E-state index < -0.39 is 4.92 Å². The van der Waals surface area contributed by atoms with Crippen LogP contribution in [0.15, 0.2) is 0 Å². The smallest absolute Gasteiger partial charge is 0.363 e. The number of anilines is 1. The second kappa shape index (κ2) is 5.16. The molecule has 0 aliphatic carbocycles. The number of hydrogen-bond donors (Lipinski definition) is 1. The molecule has 86 valence electrons. The minimum absolute atomic E-state index is 0.135. The molecule has 16 heavy (non-hydrogen) atoms. The zero-order valence-electron chi connectivity index (χ0n) is 9.57. The lowest BCUT2D eigenvalue weighted by Gasteiger charge is -2.03. The number of imidazole rings is 1. The lowest BCUT2D eigenvalue weighted by Crippen LogP contribution is -2.07. The predicted molar refractivity (Wildman–Crippen MR) is 61.2 cm³/mol. The molecule has 6 nitrogen and oxygen atoms in total. The van der Waals surface area contributed by atoms with E-state index >= 15 is 0 Å². The summed E-state index contributed by atoms with van der Waals surface area (Å²) < 4.78 is 1.66. The number of aryl methyl sites for hydroxylation is 1. The Morgan fingerprint density at radius 2 is 2.31 bits per heavy atom. The molecule has 0 fully saturated rings. The van der Waals surface area contributed by atoms with Crippen LogP contribution < -0.4 is 5.32 Å². The molecule has 0 aliphatic rings. The van der Waals surface area contributed by atoms with Crippen LogP contribution in [0.25, 0.3) is 0 Å². The third kappa shape index (κ3) is 2.51. The summed E-state index contributed by atoms with van der Waals surface area (Å²) in [5, 5.41) is 13.7. The van der Waals surface area contributed by atoms with Gasteiger partial charge in [-0.2, -0.15) is 0 Å². The topological polar surface area (TPSA) is 73.0 Å². The Morgan fingerprint density at radius 3 is 2.88 bits per heavy atom. The minimum Gasteiger partial charge on any atom is -0.363 e. The standard InChI is InChI=1S/C10H14N4O2/c1-4-5-6-7-11-9-10(14(15)16)12-8(2)13(9)3/h11H,6-7H2,1-3H3. The molecule has 6 heteroatoms. The van der Waals surface area contributed by atoms with Crippen molar-refractivity contribution >= 4 is 11.6 Å². The zero-order chi connectivity index (χ0) is 12.1. The van der Waals surface area contributed by atoms with Gasteiger partial charge in [-0.25, -0.2) is 0 Å². The van der Waals surface area contributed by atoms with Gasteiger partial charge in [0.2, 0.25) is 11.6 Å². The highest BCUT2D eigenvalue weighted by Gasteiger charge is 2.22. The fourth-order valence-corrected chi connectivity index (χ4v) is 1.29. The van der Waals surface area contributed by atoms with E-state index in [0.29, 0.717) is 24.6 Å². The number of hydrogen-bond acceptors (Lipinski definition) is 4. The number of aromatic nitrogens is 2. The highest BCUT2D eigenvalue weighted by molar-refractivity contribution is 5.53. The third-order valence-electron chi connectivity index (χ3n) is 2.19. The largest absolute Gasteiger partial charge is 0.406 e. The predicted octanol–water partition coefficient (Wildman–Crippen LogP) is 1.46. The summed E-state index contributed by atoms with van der Waals surface area (Å²) in [6.45, 7) is 4.06. The first-order valence-electron chi connectivity index (χ1n) is 4.89. The number of rotatable bonds is 4. The van der Waals surface area contributed by atoms with Crippen LogP contribution in [0.3, 0.4) is 0 Å². The van der Waals surface area contributed by atoms with Gasteiger partial charge in [-0.15, -0.1) is 11.8 Å². The van der Waals surface area contributed by atoms with E-state index in [1.54, 1.807) is 25.5 Å². The second-order valence-corrected chi connectivity index (χ2v) is 3.25. The van der Waals surface area contributed by atoms with E-state index in [2.05, 4.69) is 22.1 Å². The normalized spacial score (nSPS) is 9.44. The molecule has 0 spiro atoms. The average molecular weight is 222 g/mol. The molecule has 0 aromatic carbocycles. The van der Waals surface area contributed by atoms with E-state index in [4.69, 9.17) is 0 Å². The third-order valence-corrected chi connectivity index (χ3v) is 2.19. The molecule has 0 saturated carbocycles. The van der Waals surface area contributed by atoms with Crippen LogP contribution in [-0.4, -0.2) is 21.0 Å². The molecule has 0 atom stereocenters. The van der Waals surface area contributed by atoms with E-state index in [-0.39, 0.29) is 5.82 Å². The van der Waals surface area contributed by atoms with Gasteiger partial charge in [0, 0.05) is 26.9 Å². The lowest BCUT2D eigenvalue weighted by atomic mass is 10.4. The maximum atomic E-state index is 10.7. The van der Waals surface area contributed by atoms with Gasteiger partial charge < -0.3 is 15.4 Å². The number of nitrogens with zero attached hydrogens (tertiary/aromatic N) is 3. The SMILES string of the molecule is CC#CCCNc1c([N+](=O)[O-])nc(C)n1C. The molecule has 0 aliphatic heterocycles. The van der Waals surface area contributed by atoms with Crippen molar-refractivity contribution in [3.05, 3.63) is 15.9 Å². The molecule has 1 rings (SSSR count). The minimum atomic E-state index is -0.485. The molecule has 0 bridgehead atoms. The van der Waals surface area contributed by atoms with Crippen LogP contribution >= 0.6 is 0 Å². The first kappa shape index (κ1) is 12.0. The van der Waals surface area contributed by atoms with E-state index in [1.165, 1.54) is 0 Å². The fraction of sp³-hybridized carbons (Fsp3) is 0.500. The fourth-order valence-electron chi connectivity index (χ4n) is 1.29. The Bertz CT molecular complexity index is 453. The Hall–Kier alpha value is -2.03. The second-order valence-electron chi connectivity index (χ2n) is 3.25. The number of nitrogens with one attached hydrogen (secondary N) is 1. The molecule has 0 amide bonds. The summed E-state index contributed by atoms with van der Waals surface area (Å²) in [5.74, 6) is 6.55. The van der Waals surface area contributed by atoms with Crippen molar-refractivity contribution in [3.8, 4) is 11.8 Å². The monoisotopic (exact) mass is 222 g/mol. The van der Waals surface area contributed by atoms with Gasteiger partial charge in [-0.1, -0.05) is 0 Å². The quantitative estimate of drug-likeness (QED) is 0.362. The summed E-state index contributed by atoms with van der Waals surface area (Å²) in [7, 11) is 1.74. The van der Waals surface area contributed by atoms with Crippen LogP contribution in [0.4, 0.5) is 11.6 Å². The van der Waals surface area contributed by atoms with Crippen molar-refractivity contribution < 1.29 is 4.92 Å². The van der Waals surface area contributed by atoms with E-state index in [1.807, 2.05) is 0 Å². The molecule has 0 unspecified atom stereocenters. The van der Waals surface area contributed by atoms with Gasteiger partial charge in [0.05, 0.1) is 0 Å². The first-order chi connectivity index (χ1) is 7.57. The van der Waals surface area contributed by atoms with Gasteiger partial charge >= 0.3 is 5.82 Å². The van der Waals surface area contributed by atoms with Crippen LogP contribution in [-0.2, 0) is 7.05 Å². The van der Waals surface area contributed by atoms with Crippen LogP contribution in [0.1, 0.15) is 19.2 Å². The summed E-state index contributed by atoms with van der Waals surface area (Å²) in [4.78, 5) is 14.1. The van der Waals surface area contributed by atoms with Gasteiger partial charge in [0.15, 0.2) is 0 Å². The van der Waals surface area contributed by atoms with Crippen LogP contribution in [0, 0.1) is 28.9 Å². The molecule has 0 saturated heterocycles. The Kier molecular flexibility index (Phi) is 3.89. The highest BCUT2D eigenvalue weighted by atomic mass is 16.6. The molecule has 1 aromatic heterocycles. The van der Waals surface area contributed by atoms with Gasteiger partial charge in [-0.05, 0) is 16.8 Å². The summed E-state index contributed by atoms with van der Waals surface area (Å²) in [5.41, 5.74) is 0. The summed E-state index contributed by atoms with van der Waals surface area (Å²) in [6.07, 6.45) is 0.651. The summed E-state index contributed by atoms with van der Waals surface area (Å²) >= 11 is 0. The number of nitro groups is 1. The van der Waals surface area contributed by atoms with Crippen molar-refractivity contribution in [1.29, 1.82) is 0 Å². The molecule has 1 N–H and O–H groups in total. The first-order valence-corrected chi connectivity index (χ1v) is 4.89. The summed E-state index contributed by atoms with van der Waals surface area (Å²) in [6, 6.07) is 0. The van der Waals surface area contributed by atoms with Crippen LogP contribution in [0.2, 0.25) is 0 Å². The Labute approximate surface area is 93.8 Å². The zero-order valence-corrected chi connectivity index (χ0v) is 9.57. The average Bonchev–Trinajstić information content (AvgIpc) is 2.52. The van der Waals surface area contributed by atoms with E-state index in [0.717, 1.165) is 0 Å². The van der Waals surface area contributed by atoms with Crippen molar-refractivity contribution in [1.82, 2.24) is 9.55 Å². The Balaban J connectivity index is 2.83. The Morgan fingerprint density at radius 1 is 1.62 bits per heavy atom. The van der Waals surface area contributed by atoms with Crippen molar-refractivity contribution in [2.45, 2.75) is 20.3 Å². The van der Waals surface area contributed by atoms with Crippen molar-refractivity contribution in [2.75, 3.05) is 11.9 Å². The molecule has 1 heterocycles. The maximum absolute atomic E-state index is 10.7. The van der Waals surface area contributed by atoms with Crippen LogP contribution in [0.5, 0.6) is 0 Å².